The zero-order valence-electron chi connectivity index (χ0n) is 17.3. The first-order chi connectivity index (χ1) is 13.9. The van der Waals surface area contributed by atoms with Crippen LogP contribution in [0.25, 0.3) is 5.65 Å². The van der Waals surface area contributed by atoms with Gasteiger partial charge in [-0.2, -0.15) is 14.9 Å². The van der Waals surface area contributed by atoms with Crippen LogP contribution in [0.4, 0.5) is 11.6 Å². The molecule has 9 heteroatoms. The topological polar surface area (TPSA) is 122 Å². The molecule has 0 atom stereocenters. The van der Waals surface area contributed by atoms with E-state index >= 15 is 0 Å². The molecule has 0 fully saturated rings. The van der Waals surface area contributed by atoms with Gasteiger partial charge in [0, 0.05) is 32.8 Å². The zero-order valence-corrected chi connectivity index (χ0v) is 17.3. The largest absolute Gasteiger partial charge is 0.383 e. The molecule has 2 rings (SSSR count). The fraction of sp³-hybridized carbons (Fsp3) is 0.400. The van der Waals surface area contributed by atoms with Crippen molar-refractivity contribution in [2.45, 2.75) is 20.3 Å². The predicted molar refractivity (Wildman–Crippen MR) is 112 cm³/mol. The van der Waals surface area contributed by atoms with Gasteiger partial charge in [0.15, 0.2) is 5.65 Å². The molecule has 0 aliphatic heterocycles. The summed E-state index contributed by atoms with van der Waals surface area (Å²) >= 11 is 0. The molecule has 0 saturated carbocycles. The Kier molecular flexibility index (Phi) is 7.74. The number of allylic oxidation sites excluding steroid dienone is 2. The van der Waals surface area contributed by atoms with Crippen LogP contribution in [0.2, 0.25) is 0 Å². The lowest BCUT2D eigenvalue weighted by Crippen LogP contribution is -2.16. The van der Waals surface area contributed by atoms with Crippen LogP contribution in [0, 0.1) is 25.2 Å². The van der Waals surface area contributed by atoms with Gasteiger partial charge in [0.25, 0.3) is 0 Å². The van der Waals surface area contributed by atoms with E-state index in [0.717, 1.165) is 24.1 Å². The van der Waals surface area contributed by atoms with Crippen LogP contribution in [0.5, 0.6) is 0 Å². The smallest absolute Gasteiger partial charge is 0.162 e. The number of aromatic nitrogens is 3. The molecule has 2 heterocycles. The number of hydrogen-bond acceptors (Lipinski definition) is 8. The highest BCUT2D eigenvalue weighted by atomic mass is 16.5. The van der Waals surface area contributed by atoms with Gasteiger partial charge in [-0.3, -0.25) is 4.79 Å². The van der Waals surface area contributed by atoms with E-state index in [1.807, 2.05) is 38.1 Å². The average Bonchev–Trinajstić information content (AvgIpc) is 3.00. The van der Waals surface area contributed by atoms with Crippen molar-refractivity contribution in [3.63, 3.8) is 0 Å². The molecule has 2 aromatic rings. The minimum Gasteiger partial charge on any atom is -0.383 e. The molecule has 9 nitrogen and oxygen atoms in total. The molecular weight excluding hydrogens is 370 g/mol. The molecule has 0 amide bonds. The maximum atomic E-state index is 11.3. The van der Waals surface area contributed by atoms with E-state index in [1.165, 1.54) is 4.52 Å². The fourth-order valence-corrected chi connectivity index (χ4v) is 2.65. The first-order valence-corrected chi connectivity index (χ1v) is 9.24. The monoisotopic (exact) mass is 397 g/mol. The van der Waals surface area contributed by atoms with Crippen molar-refractivity contribution >= 4 is 23.6 Å². The third-order valence-electron chi connectivity index (χ3n) is 4.54. The summed E-state index contributed by atoms with van der Waals surface area (Å²) in [6.45, 7) is 5.60. The van der Waals surface area contributed by atoms with Crippen LogP contribution < -0.4 is 11.1 Å². The average molecular weight is 397 g/mol. The van der Waals surface area contributed by atoms with Crippen LogP contribution in [0.3, 0.4) is 0 Å². The van der Waals surface area contributed by atoms with Crippen molar-refractivity contribution < 1.29 is 9.53 Å². The Morgan fingerprint density at radius 1 is 1.45 bits per heavy atom. The number of aldehydes is 1. The Balaban J connectivity index is 2.09. The minimum absolute atomic E-state index is 0.233. The summed E-state index contributed by atoms with van der Waals surface area (Å²) in [4.78, 5) is 17.8. The maximum absolute atomic E-state index is 11.3. The second-order valence-electron chi connectivity index (χ2n) is 6.63. The first kappa shape index (κ1) is 21.9. The third kappa shape index (κ3) is 5.33. The molecule has 29 heavy (non-hydrogen) atoms. The molecule has 0 radical (unpaired) electrons. The summed E-state index contributed by atoms with van der Waals surface area (Å²) in [5.41, 5.74) is 9.28. The van der Waals surface area contributed by atoms with Crippen molar-refractivity contribution in [3.8, 4) is 6.07 Å². The number of nitrogens with zero attached hydrogens (tertiary/aromatic N) is 5. The zero-order chi connectivity index (χ0) is 21.4. The highest BCUT2D eigenvalue weighted by Crippen LogP contribution is 2.24. The summed E-state index contributed by atoms with van der Waals surface area (Å²) in [7, 11) is 3.59. The van der Waals surface area contributed by atoms with Crippen LogP contribution in [-0.4, -0.2) is 59.6 Å². The Labute approximate surface area is 170 Å². The Hall–Kier alpha value is -3.38. The summed E-state index contributed by atoms with van der Waals surface area (Å²) in [6, 6.07) is 2.08. The number of carbonyl (C=O) groups is 1. The van der Waals surface area contributed by atoms with Crippen molar-refractivity contribution in [1.82, 2.24) is 19.5 Å². The lowest BCUT2D eigenvalue weighted by molar-refractivity contribution is -0.105. The van der Waals surface area contributed by atoms with Gasteiger partial charge in [-0.15, -0.1) is 0 Å². The molecule has 3 N–H and O–H groups in total. The molecular formula is C20H27N7O2. The number of nitrogen functional groups attached to an aromatic ring is 1. The van der Waals surface area contributed by atoms with Crippen LogP contribution in [0.1, 0.15) is 23.2 Å². The molecule has 0 saturated heterocycles. The minimum atomic E-state index is 0.233. The van der Waals surface area contributed by atoms with E-state index in [0.29, 0.717) is 36.6 Å². The normalized spacial score (nSPS) is 11.8. The quantitative estimate of drug-likeness (QED) is 0.354. The second kappa shape index (κ2) is 10.2. The van der Waals surface area contributed by atoms with Crippen molar-refractivity contribution in [2.75, 3.05) is 44.9 Å². The number of methoxy groups -OCH3 is 1. The number of ether oxygens (including phenoxy) is 1. The Bertz CT molecular complexity index is 970. The van der Waals surface area contributed by atoms with Gasteiger partial charge in [-0.25, -0.2) is 4.98 Å². The first-order valence-electron chi connectivity index (χ1n) is 9.24. The molecule has 154 valence electrons. The van der Waals surface area contributed by atoms with E-state index in [4.69, 9.17) is 10.5 Å². The van der Waals surface area contributed by atoms with Gasteiger partial charge in [0.05, 0.1) is 12.3 Å². The Morgan fingerprint density at radius 3 is 2.86 bits per heavy atom. The van der Waals surface area contributed by atoms with Crippen molar-refractivity contribution in [1.29, 1.82) is 5.26 Å². The lowest BCUT2D eigenvalue weighted by atomic mass is 10.2. The van der Waals surface area contributed by atoms with Gasteiger partial charge in [0.1, 0.15) is 29.6 Å². The highest BCUT2D eigenvalue weighted by molar-refractivity contribution is 5.74. The SMILES string of the molecule is COCCN(C)/C=C\C=C(/C=O)CCNc1nc2c(C)c(C)nn2c(N)c1C#N. The Morgan fingerprint density at radius 2 is 2.21 bits per heavy atom. The summed E-state index contributed by atoms with van der Waals surface area (Å²) in [6.07, 6.45) is 6.76. The molecule has 0 aliphatic carbocycles. The summed E-state index contributed by atoms with van der Waals surface area (Å²) in [5.74, 6) is 0.630. The maximum Gasteiger partial charge on any atom is 0.162 e. The molecule has 0 aromatic carbocycles. The van der Waals surface area contributed by atoms with Gasteiger partial charge >= 0.3 is 0 Å². The summed E-state index contributed by atoms with van der Waals surface area (Å²) < 4.78 is 6.50. The van der Waals surface area contributed by atoms with Crippen LogP contribution in [-0.2, 0) is 9.53 Å². The number of likely N-dealkylation sites (N-methyl/N-ethyl adjacent to an activating group) is 1. The predicted octanol–water partition coefficient (Wildman–Crippen LogP) is 1.82. The second-order valence-corrected chi connectivity index (χ2v) is 6.63. The number of hydrogen-bond donors (Lipinski definition) is 2. The number of nitrogens with two attached hydrogens (primary N) is 1. The van der Waals surface area contributed by atoms with Crippen LogP contribution >= 0.6 is 0 Å². The van der Waals surface area contributed by atoms with E-state index < -0.39 is 0 Å². The van der Waals surface area contributed by atoms with E-state index in [2.05, 4.69) is 21.5 Å². The van der Waals surface area contributed by atoms with Gasteiger partial charge < -0.3 is 20.7 Å². The van der Waals surface area contributed by atoms with Gasteiger partial charge in [-0.05, 0) is 38.1 Å². The third-order valence-corrected chi connectivity index (χ3v) is 4.54. The number of carbonyl (C=O) groups excluding carboxylic acids is 1. The number of anilines is 2. The summed E-state index contributed by atoms with van der Waals surface area (Å²) in [5, 5.41) is 16.9. The number of nitrogens with one attached hydrogen (secondary N) is 1. The number of fused-ring (bicyclic) bond motifs is 1. The molecule has 0 spiro atoms. The highest BCUT2D eigenvalue weighted by Gasteiger charge is 2.16. The van der Waals surface area contributed by atoms with Gasteiger partial charge in [-0.1, -0.05) is 6.08 Å². The molecule has 0 unspecified atom stereocenters. The van der Waals surface area contributed by atoms with E-state index in [1.54, 1.807) is 13.2 Å². The molecule has 0 bridgehead atoms. The number of rotatable bonds is 10. The van der Waals surface area contributed by atoms with Crippen molar-refractivity contribution in [2.24, 2.45) is 0 Å². The standard InChI is InChI=1S/C20H27N7O2/c1-14-15(2)25-27-18(22)17(12-21)19(24-20(14)27)23-8-7-16(13-28)6-5-9-26(3)10-11-29-4/h5-6,9,13H,7-8,10-11,22H2,1-4H3,(H,23,24)/b9-5-,16-6-. The van der Waals surface area contributed by atoms with E-state index in [9.17, 15) is 10.1 Å². The fourth-order valence-electron chi connectivity index (χ4n) is 2.65. The number of nitriles is 1. The van der Waals surface area contributed by atoms with Crippen LogP contribution in [0.15, 0.2) is 23.9 Å². The van der Waals surface area contributed by atoms with Gasteiger partial charge in [0.2, 0.25) is 0 Å². The lowest BCUT2D eigenvalue weighted by Gasteiger charge is -2.12. The number of aryl methyl sites for hydroxylation is 2. The van der Waals surface area contributed by atoms with Crippen molar-refractivity contribution in [3.05, 3.63) is 40.7 Å². The molecule has 2 aromatic heterocycles. The molecule has 0 aliphatic rings. The van der Waals surface area contributed by atoms with E-state index in [-0.39, 0.29) is 11.4 Å².